The summed E-state index contributed by atoms with van der Waals surface area (Å²) < 4.78 is 10.7. The van der Waals surface area contributed by atoms with Gasteiger partial charge in [0, 0.05) is 37.8 Å². The molecule has 0 spiro atoms. The van der Waals surface area contributed by atoms with Crippen molar-refractivity contribution in [3.05, 3.63) is 23.8 Å². The summed E-state index contributed by atoms with van der Waals surface area (Å²) in [6, 6.07) is 5.76. The largest absolute Gasteiger partial charge is 0.497 e. The van der Waals surface area contributed by atoms with Gasteiger partial charge in [0.05, 0.1) is 26.4 Å². The lowest BCUT2D eigenvalue weighted by Crippen LogP contribution is -2.54. The fraction of sp³-hybridized carbons (Fsp3) is 0.600. The topological polar surface area (TPSA) is 54.0 Å². The number of nitrogens with one attached hydrogen (secondary N) is 1. The van der Waals surface area contributed by atoms with E-state index < -0.39 is 5.54 Å². The van der Waals surface area contributed by atoms with E-state index in [1.807, 2.05) is 18.2 Å². The Hall–Kier alpha value is -1.30. The molecule has 1 unspecified atom stereocenters. The Morgan fingerprint density at radius 1 is 1.25 bits per heavy atom. The van der Waals surface area contributed by atoms with Gasteiger partial charge in [-0.1, -0.05) is 0 Å². The zero-order valence-corrected chi connectivity index (χ0v) is 12.5. The molecule has 1 fully saturated rings. The van der Waals surface area contributed by atoms with Gasteiger partial charge in [-0.2, -0.15) is 0 Å². The number of methoxy groups -OCH3 is 2. The minimum Gasteiger partial charge on any atom is -0.497 e. The van der Waals surface area contributed by atoms with Crippen molar-refractivity contribution in [1.29, 1.82) is 0 Å². The molecule has 1 aromatic carbocycles. The van der Waals surface area contributed by atoms with Crippen LogP contribution in [0.25, 0.3) is 0 Å². The fourth-order valence-electron chi connectivity index (χ4n) is 2.76. The van der Waals surface area contributed by atoms with Gasteiger partial charge in [0.1, 0.15) is 11.5 Å². The normalized spacial score (nSPS) is 19.4. The van der Waals surface area contributed by atoms with Gasteiger partial charge >= 0.3 is 0 Å². The summed E-state index contributed by atoms with van der Waals surface area (Å²) in [5.74, 6) is 1.51. The maximum atomic E-state index is 9.99. The first-order valence-electron chi connectivity index (χ1n) is 6.95. The van der Waals surface area contributed by atoms with Crippen LogP contribution in [0.4, 0.5) is 0 Å². The van der Waals surface area contributed by atoms with E-state index in [0.29, 0.717) is 0 Å². The van der Waals surface area contributed by atoms with Crippen LogP contribution in [0.2, 0.25) is 0 Å². The SMILES string of the molecule is COc1ccc(C(C)(CO)N2CCNCC2)c(OC)c1. The second-order valence-corrected chi connectivity index (χ2v) is 5.24. The Morgan fingerprint density at radius 3 is 2.50 bits per heavy atom. The average molecular weight is 280 g/mol. The summed E-state index contributed by atoms with van der Waals surface area (Å²) in [4.78, 5) is 2.30. The Labute approximate surface area is 120 Å². The summed E-state index contributed by atoms with van der Waals surface area (Å²) in [5, 5.41) is 13.3. The summed E-state index contributed by atoms with van der Waals surface area (Å²) in [7, 11) is 3.28. The van der Waals surface area contributed by atoms with Crippen LogP contribution in [-0.4, -0.2) is 57.0 Å². The molecule has 1 saturated heterocycles. The molecule has 0 bridgehead atoms. The number of hydrogen-bond donors (Lipinski definition) is 2. The number of benzene rings is 1. The van der Waals surface area contributed by atoms with Crippen LogP contribution in [0.15, 0.2) is 18.2 Å². The van der Waals surface area contributed by atoms with Crippen molar-refractivity contribution < 1.29 is 14.6 Å². The number of rotatable bonds is 5. The molecular formula is C15H24N2O3. The molecule has 112 valence electrons. The van der Waals surface area contributed by atoms with E-state index in [2.05, 4.69) is 17.1 Å². The predicted molar refractivity (Wildman–Crippen MR) is 78.4 cm³/mol. The standard InChI is InChI=1S/C15H24N2O3/c1-15(11-18,17-8-6-16-7-9-17)13-5-4-12(19-2)10-14(13)20-3/h4-5,10,16,18H,6-9,11H2,1-3H3. The lowest BCUT2D eigenvalue weighted by Gasteiger charge is -2.43. The molecule has 1 aliphatic rings. The Morgan fingerprint density at radius 2 is 1.95 bits per heavy atom. The molecule has 0 saturated carbocycles. The van der Waals surface area contributed by atoms with Crippen LogP contribution in [0.1, 0.15) is 12.5 Å². The molecule has 0 amide bonds. The molecule has 0 radical (unpaired) electrons. The van der Waals surface area contributed by atoms with Gasteiger partial charge in [-0.05, 0) is 19.1 Å². The smallest absolute Gasteiger partial charge is 0.127 e. The van der Waals surface area contributed by atoms with Crippen LogP contribution < -0.4 is 14.8 Å². The monoisotopic (exact) mass is 280 g/mol. The van der Waals surface area contributed by atoms with E-state index in [-0.39, 0.29) is 6.61 Å². The van der Waals surface area contributed by atoms with E-state index in [0.717, 1.165) is 43.2 Å². The van der Waals surface area contributed by atoms with Crippen molar-refractivity contribution in [2.24, 2.45) is 0 Å². The van der Waals surface area contributed by atoms with Gasteiger partial charge in [0.25, 0.3) is 0 Å². The van der Waals surface area contributed by atoms with Crippen molar-refractivity contribution in [3.63, 3.8) is 0 Å². The molecule has 2 rings (SSSR count). The molecule has 1 atom stereocenters. The maximum Gasteiger partial charge on any atom is 0.127 e. The summed E-state index contributed by atoms with van der Waals surface area (Å²) >= 11 is 0. The molecule has 2 N–H and O–H groups in total. The summed E-state index contributed by atoms with van der Waals surface area (Å²) in [6.45, 7) is 5.80. The molecule has 20 heavy (non-hydrogen) atoms. The van der Waals surface area contributed by atoms with E-state index in [4.69, 9.17) is 9.47 Å². The van der Waals surface area contributed by atoms with Crippen LogP contribution in [0.3, 0.4) is 0 Å². The van der Waals surface area contributed by atoms with E-state index in [9.17, 15) is 5.11 Å². The van der Waals surface area contributed by atoms with Gasteiger partial charge in [-0.25, -0.2) is 0 Å². The Balaban J connectivity index is 2.39. The second kappa shape index (κ2) is 6.43. The zero-order valence-electron chi connectivity index (χ0n) is 12.5. The first-order valence-corrected chi connectivity index (χ1v) is 6.95. The summed E-state index contributed by atoms with van der Waals surface area (Å²) in [6.07, 6.45) is 0. The highest BCUT2D eigenvalue weighted by molar-refractivity contribution is 5.44. The van der Waals surface area contributed by atoms with Crippen molar-refractivity contribution in [3.8, 4) is 11.5 Å². The van der Waals surface area contributed by atoms with Gasteiger partial charge < -0.3 is 19.9 Å². The fourth-order valence-corrected chi connectivity index (χ4v) is 2.76. The van der Waals surface area contributed by atoms with Gasteiger partial charge in [-0.3, -0.25) is 4.90 Å². The molecular weight excluding hydrogens is 256 g/mol. The van der Waals surface area contributed by atoms with E-state index in [1.54, 1.807) is 14.2 Å². The highest BCUT2D eigenvalue weighted by Crippen LogP contribution is 2.36. The number of aliphatic hydroxyl groups excluding tert-OH is 1. The number of piperazine rings is 1. The van der Waals surface area contributed by atoms with Crippen LogP contribution in [-0.2, 0) is 5.54 Å². The molecule has 5 heteroatoms. The maximum absolute atomic E-state index is 9.99. The molecule has 1 aliphatic heterocycles. The van der Waals surface area contributed by atoms with Crippen LogP contribution >= 0.6 is 0 Å². The number of aliphatic hydroxyl groups is 1. The first kappa shape index (κ1) is 15.1. The Bertz CT molecular complexity index is 447. The number of hydrogen-bond acceptors (Lipinski definition) is 5. The third kappa shape index (κ3) is 2.75. The van der Waals surface area contributed by atoms with Crippen molar-refractivity contribution in [1.82, 2.24) is 10.2 Å². The lowest BCUT2D eigenvalue weighted by molar-refractivity contribution is 0.0294. The average Bonchev–Trinajstić information content (AvgIpc) is 2.54. The van der Waals surface area contributed by atoms with Crippen molar-refractivity contribution >= 4 is 0 Å². The lowest BCUT2D eigenvalue weighted by atomic mass is 9.89. The molecule has 5 nitrogen and oxygen atoms in total. The molecule has 1 aromatic rings. The number of nitrogens with zero attached hydrogens (tertiary/aromatic N) is 1. The highest BCUT2D eigenvalue weighted by Gasteiger charge is 2.36. The summed E-state index contributed by atoms with van der Waals surface area (Å²) in [5.41, 5.74) is 0.546. The van der Waals surface area contributed by atoms with Crippen molar-refractivity contribution in [2.75, 3.05) is 47.0 Å². The van der Waals surface area contributed by atoms with Crippen LogP contribution in [0.5, 0.6) is 11.5 Å². The minimum atomic E-state index is -0.445. The van der Waals surface area contributed by atoms with Crippen molar-refractivity contribution in [2.45, 2.75) is 12.5 Å². The molecule has 0 aliphatic carbocycles. The third-order valence-corrected chi connectivity index (χ3v) is 4.11. The number of ether oxygens (including phenoxy) is 2. The third-order valence-electron chi connectivity index (χ3n) is 4.11. The highest BCUT2D eigenvalue weighted by atomic mass is 16.5. The van der Waals surface area contributed by atoms with Gasteiger partial charge in [0.2, 0.25) is 0 Å². The quantitative estimate of drug-likeness (QED) is 0.836. The Kier molecular flexibility index (Phi) is 4.86. The van der Waals surface area contributed by atoms with Gasteiger partial charge in [-0.15, -0.1) is 0 Å². The second-order valence-electron chi connectivity index (χ2n) is 5.24. The zero-order chi connectivity index (χ0) is 14.6. The first-order chi connectivity index (χ1) is 9.65. The van der Waals surface area contributed by atoms with Gasteiger partial charge in [0.15, 0.2) is 0 Å². The predicted octanol–water partition coefficient (Wildman–Crippen LogP) is 0.816. The van der Waals surface area contributed by atoms with E-state index in [1.165, 1.54) is 0 Å². The van der Waals surface area contributed by atoms with E-state index >= 15 is 0 Å². The minimum absolute atomic E-state index is 0.0513. The van der Waals surface area contributed by atoms with Crippen LogP contribution in [0, 0.1) is 0 Å². The molecule has 0 aromatic heterocycles. The molecule has 1 heterocycles.